The molecule has 4 rings (SSSR count). The maximum atomic E-state index is 10.3. The maximum Gasteiger partial charge on any atom is 0.174 e. The van der Waals surface area contributed by atoms with Crippen LogP contribution in [-0.2, 0) is 0 Å². The van der Waals surface area contributed by atoms with Crippen molar-refractivity contribution in [1.82, 2.24) is 15.3 Å². The minimum absolute atomic E-state index is 0.114. The molecule has 6 heteroatoms. The number of benzene rings is 1. The molecule has 0 amide bonds. The monoisotopic (exact) mass is 336 g/mol. The molecule has 2 atom stereocenters. The zero-order valence-corrected chi connectivity index (χ0v) is 13.6. The van der Waals surface area contributed by atoms with E-state index in [0.29, 0.717) is 10.8 Å². The first-order valence-electron chi connectivity index (χ1n) is 7.67. The number of thiocarbonyl (C=S) groups is 1. The quantitative estimate of drug-likeness (QED) is 0.641. The van der Waals surface area contributed by atoms with Crippen LogP contribution in [0.2, 0.25) is 0 Å². The van der Waals surface area contributed by atoms with Crippen LogP contribution in [0.3, 0.4) is 0 Å². The molecule has 3 aromatic rings. The molecule has 1 aromatic carbocycles. The summed E-state index contributed by atoms with van der Waals surface area (Å²) >= 11 is 5.57. The number of H-pyrrole nitrogens is 1. The topological polar surface area (TPSA) is 64.2 Å². The highest BCUT2D eigenvalue weighted by molar-refractivity contribution is 7.80. The van der Waals surface area contributed by atoms with Crippen LogP contribution < -0.4 is 10.2 Å². The lowest BCUT2D eigenvalue weighted by Gasteiger charge is -2.27. The van der Waals surface area contributed by atoms with E-state index in [-0.39, 0.29) is 17.8 Å². The van der Waals surface area contributed by atoms with Gasteiger partial charge in [-0.1, -0.05) is 18.2 Å². The van der Waals surface area contributed by atoms with Crippen molar-refractivity contribution in [1.29, 1.82) is 0 Å². The van der Waals surface area contributed by atoms with E-state index in [1.807, 2.05) is 53.6 Å². The Morgan fingerprint density at radius 3 is 2.58 bits per heavy atom. The Hall–Kier alpha value is -2.86. The molecule has 1 saturated heterocycles. The van der Waals surface area contributed by atoms with Crippen molar-refractivity contribution in [2.24, 2.45) is 0 Å². The van der Waals surface area contributed by atoms with Gasteiger partial charge in [0.05, 0.1) is 17.4 Å². The van der Waals surface area contributed by atoms with Gasteiger partial charge in [0.15, 0.2) is 5.11 Å². The van der Waals surface area contributed by atoms with Crippen LogP contribution >= 0.6 is 12.2 Å². The molecule has 0 bridgehead atoms. The van der Waals surface area contributed by atoms with E-state index >= 15 is 0 Å². The van der Waals surface area contributed by atoms with Gasteiger partial charge in [-0.05, 0) is 48.6 Å². The van der Waals surface area contributed by atoms with Gasteiger partial charge >= 0.3 is 0 Å². The molecular formula is C18H16N4OS. The first-order valence-corrected chi connectivity index (χ1v) is 8.08. The average molecular weight is 336 g/mol. The van der Waals surface area contributed by atoms with Gasteiger partial charge < -0.3 is 20.3 Å². The molecule has 1 aliphatic rings. The summed E-state index contributed by atoms with van der Waals surface area (Å²) in [5.74, 6) is 0.194. The van der Waals surface area contributed by atoms with Crippen molar-refractivity contribution >= 4 is 23.0 Å². The predicted octanol–water partition coefficient (Wildman–Crippen LogP) is 3.29. The van der Waals surface area contributed by atoms with E-state index in [4.69, 9.17) is 12.2 Å². The van der Waals surface area contributed by atoms with Crippen LogP contribution in [0.1, 0.15) is 23.5 Å². The molecule has 24 heavy (non-hydrogen) atoms. The van der Waals surface area contributed by atoms with E-state index in [0.717, 1.165) is 11.4 Å². The third-order valence-electron chi connectivity index (χ3n) is 4.18. The summed E-state index contributed by atoms with van der Waals surface area (Å²) in [6, 6.07) is 16.8. The van der Waals surface area contributed by atoms with Crippen molar-refractivity contribution in [3.8, 4) is 5.75 Å². The first-order chi connectivity index (χ1) is 11.8. The molecule has 0 aliphatic carbocycles. The number of aromatic amines is 1. The number of pyridine rings is 1. The number of aromatic hydroxyl groups is 1. The maximum absolute atomic E-state index is 10.3. The number of anilines is 1. The zero-order chi connectivity index (χ0) is 16.5. The summed E-state index contributed by atoms with van der Waals surface area (Å²) in [6.07, 6.45) is 3.66. The highest BCUT2D eigenvalue weighted by Crippen LogP contribution is 2.43. The Bertz CT molecular complexity index is 850. The van der Waals surface area contributed by atoms with Gasteiger partial charge in [-0.15, -0.1) is 0 Å². The van der Waals surface area contributed by atoms with Gasteiger partial charge in [-0.25, -0.2) is 0 Å². The Kier molecular flexibility index (Phi) is 3.66. The number of phenols is 1. The molecule has 0 radical (unpaired) electrons. The third kappa shape index (κ3) is 2.41. The second-order valence-corrected chi connectivity index (χ2v) is 6.00. The number of nitrogens with zero attached hydrogens (tertiary/aromatic N) is 2. The lowest BCUT2D eigenvalue weighted by atomic mass is 10.0. The Morgan fingerprint density at radius 2 is 1.88 bits per heavy atom. The summed E-state index contributed by atoms with van der Waals surface area (Å²) in [6.45, 7) is 0. The van der Waals surface area contributed by atoms with Crippen LogP contribution in [0.4, 0.5) is 5.69 Å². The Morgan fingerprint density at radius 1 is 1.04 bits per heavy atom. The average Bonchev–Trinajstić information content (AvgIpc) is 3.24. The summed E-state index contributed by atoms with van der Waals surface area (Å²) < 4.78 is 0. The lowest BCUT2D eigenvalue weighted by molar-refractivity contribution is 0.472. The predicted molar refractivity (Wildman–Crippen MR) is 96.8 cm³/mol. The van der Waals surface area contributed by atoms with E-state index in [9.17, 15) is 5.11 Å². The second kappa shape index (κ2) is 5.98. The third-order valence-corrected chi connectivity index (χ3v) is 4.49. The van der Waals surface area contributed by atoms with Crippen LogP contribution in [0.5, 0.6) is 5.75 Å². The minimum Gasteiger partial charge on any atom is -0.506 e. The van der Waals surface area contributed by atoms with Crippen LogP contribution in [-0.4, -0.2) is 20.2 Å². The molecule has 3 heterocycles. The number of nitrogens with one attached hydrogen (secondary N) is 2. The molecule has 1 aliphatic heterocycles. The fraction of sp³-hybridized carbons (Fsp3) is 0.111. The van der Waals surface area contributed by atoms with Gasteiger partial charge in [0, 0.05) is 18.1 Å². The largest absolute Gasteiger partial charge is 0.506 e. The molecule has 0 unspecified atom stereocenters. The molecular weight excluding hydrogens is 320 g/mol. The van der Waals surface area contributed by atoms with Crippen molar-refractivity contribution in [3.05, 3.63) is 78.4 Å². The van der Waals surface area contributed by atoms with E-state index in [2.05, 4.69) is 15.3 Å². The molecule has 3 N–H and O–H groups in total. The highest BCUT2D eigenvalue weighted by Gasteiger charge is 2.41. The van der Waals surface area contributed by atoms with E-state index < -0.39 is 0 Å². The molecule has 2 aromatic heterocycles. The first kappa shape index (κ1) is 14.7. The molecule has 0 spiro atoms. The molecule has 5 nitrogen and oxygen atoms in total. The number of rotatable bonds is 3. The molecule has 120 valence electrons. The van der Waals surface area contributed by atoms with Gasteiger partial charge in [0.1, 0.15) is 11.8 Å². The van der Waals surface area contributed by atoms with Crippen molar-refractivity contribution in [2.45, 2.75) is 12.1 Å². The SMILES string of the molecule is Oc1ccccc1N1C(=S)N[C@H](c2ccccn2)[C@H]1c1ccc[nH]1. The normalized spacial score (nSPS) is 20.2. The number of phenolic OH excluding ortho intramolecular Hbond substituents is 1. The summed E-state index contributed by atoms with van der Waals surface area (Å²) in [5.41, 5.74) is 2.58. The van der Waals surface area contributed by atoms with Gasteiger partial charge in [-0.3, -0.25) is 4.98 Å². The number of hydrogen-bond donors (Lipinski definition) is 3. The fourth-order valence-corrected chi connectivity index (χ4v) is 3.47. The van der Waals surface area contributed by atoms with Crippen LogP contribution in [0, 0.1) is 0 Å². The van der Waals surface area contributed by atoms with Crippen molar-refractivity contribution in [3.63, 3.8) is 0 Å². The van der Waals surface area contributed by atoms with Crippen molar-refractivity contribution in [2.75, 3.05) is 4.90 Å². The van der Waals surface area contributed by atoms with Gasteiger partial charge in [0.2, 0.25) is 0 Å². The van der Waals surface area contributed by atoms with E-state index in [1.54, 1.807) is 18.3 Å². The highest BCUT2D eigenvalue weighted by atomic mass is 32.1. The fourth-order valence-electron chi connectivity index (χ4n) is 3.13. The summed E-state index contributed by atoms with van der Waals surface area (Å²) in [5, 5.41) is 14.2. The van der Waals surface area contributed by atoms with Crippen LogP contribution in [0.25, 0.3) is 0 Å². The minimum atomic E-state index is -0.129. The lowest BCUT2D eigenvalue weighted by Crippen LogP contribution is -2.29. The summed E-state index contributed by atoms with van der Waals surface area (Å²) in [4.78, 5) is 9.69. The second-order valence-electron chi connectivity index (χ2n) is 5.61. The zero-order valence-electron chi connectivity index (χ0n) is 12.8. The number of aromatic nitrogens is 2. The number of para-hydroxylation sites is 2. The molecule has 0 saturated carbocycles. The summed E-state index contributed by atoms with van der Waals surface area (Å²) in [7, 11) is 0. The Labute approximate surface area is 145 Å². The number of hydrogen-bond acceptors (Lipinski definition) is 3. The van der Waals surface area contributed by atoms with Gasteiger partial charge in [0.25, 0.3) is 0 Å². The van der Waals surface area contributed by atoms with Crippen LogP contribution in [0.15, 0.2) is 67.0 Å². The smallest absolute Gasteiger partial charge is 0.174 e. The van der Waals surface area contributed by atoms with E-state index in [1.165, 1.54) is 0 Å². The molecule has 1 fully saturated rings. The standard InChI is InChI=1S/C18H16N4OS/c23-15-9-2-1-8-14(15)22-17(13-7-5-11-20-13)16(21-18(22)24)12-6-3-4-10-19-12/h1-11,16-17,20,23H,(H,21,24)/t16-,17-/m1/s1. The Balaban J connectivity index is 1.84. The van der Waals surface area contributed by atoms with Gasteiger partial charge in [-0.2, -0.15) is 0 Å². The van der Waals surface area contributed by atoms with Crippen molar-refractivity contribution < 1.29 is 5.11 Å².